The van der Waals surface area contributed by atoms with Crippen molar-refractivity contribution in [3.05, 3.63) is 102 Å². The highest BCUT2D eigenvalue weighted by Gasteiger charge is 2.40. The zero-order chi connectivity index (χ0) is 34.6. The smallest absolute Gasteiger partial charge is 0.338 e. The van der Waals surface area contributed by atoms with Gasteiger partial charge in [-0.2, -0.15) is 0 Å². The third kappa shape index (κ3) is 10.9. The summed E-state index contributed by atoms with van der Waals surface area (Å²) in [5.74, 6) is -0.117. The van der Waals surface area contributed by atoms with Crippen LogP contribution in [-0.4, -0.2) is 44.2 Å². The molecule has 1 aliphatic carbocycles. The van der Waals surface area contributed by atoms with Crippen LogP contribution in [0, 0.1) is 5.92 Å². The Balaban J connectivity index is 1.32. The van der Waals surface area contributed by atoms with Gasteiger partial charge in [0.1, 0.15) is 18.0 Å². The lowest BCUT2D eigenvalue weighted by atomic mass is 9.89. The van der Waals surface area contributed by atoms with Crippen molar-refractivity contribution in [1.82, 2.24) is 0 Å². The molecule has 3 aromatic rings. The van der Waals surface area contributed by atoms with Gasteiger partial charge in [0.25, 0.3) is 0 Å². The molecule has 0 saturated heterocycles. The summed E-state index contributed by atoms with van der Waals surface area (Å²) in [4.78, 5) is 25.3. The van der Waals surface area contributed by atoms with E-state index in [0.29, 0.717) is 18.6 Å². The van der Waals surface area contributed by atoms with Crippen molar-refractivity contribution in [3.63, 3.8) is 0 Å². The molecule has 258 valence electrons. The normalized spacial score (nSPS) is 17.1. The molecule has 0 saturated carbocycles. The first-order chi connectivity index (χ1) is 22.9. The summed E-state index contributed by atoms with van der Waals surface area (Å²) in [6.07, 6.45) is 8.95. The summed E-state index contributed by atoms with van der Waals surface area (Å²) < 4.78 is 18.3. The lowest BCUT2D eigenvalue weighted by Crippen LogP contribution is -2.46. The largest absolute Gasteiger partial charge is 0.494 e. The van der Waals surface area contributed by atoms with Crippen molar-refractivity contribution in [3.8, 4) is 16.9 Å². The third-order valence-electron chi connectivity index (χ3n) is 9.90. The van der Waals surface area contributed by atoms with Gasteiger partial charge in [0.2, 0.25) is 0 Å². The highest BCUT2D eigenvalue weighted by Crippen LogP contribution is 2.39. The molecular weight excluding hydrogens is 617 g/mol. The molecule has 3 aromatic carbocycles. The van der Waals surface area contributed by atoms with Crippen molar-refractivity contribution in [1.29, 1.82) is 0 Å². The van der Waals surface area contributed by atoms with Crippen LogP contribution >= 0.6 is 0 Å². The fourth-order valence-electron chi connectivity index (χ4n) is 6.02. The molecule has 0 bridgehead atoms. The third-order valence-corrected chi connectivity index (χ3v) is 14.4. The van der Waals surface area contributed by atoms with Gasteiger partial charge in [-0.1, -0.05) is 112 Å². The number of rotatable bonds is 18. The van der Waals surface area contributed by atoms with Crippen LogP contribution in [-0.2, 0) is 14.0 Å². The molecule has 1 aliphatic rings. The van der Waals surface area contributed by atoms with E-state index in [2.05, 4.69) is 52.1 Å². The molecule has 3 atom stereocenters. The molecule has 4 rings (SSSR count). The lowest BCUT2D eigenvalue weighted by Gasteiger charge is -2.38. The number of para-hydroxylation sites is 1. The van der Waals surface area contributed by atoms with Gasteiger partial charge >= 0.3 is 11.9 Å². The summed E-state index contributed by atoms with van der Waals surface area (Å²) >= 11 is 0. The topological polar surface area (TPSA) is 82.1 Å². The van der Waals surface area contributed by atoms with Crippen LogP contribution in [0.15, 0.2) is 96.6 Å². The molecular formula is C41H54O6Si. The molecule has 0 spiro atoms. The van der Waals surface area contributed by atoms with Crippen LogP contribution in [0.5, 0.6) is 5.75 Å². The average molecular weight is 671 g/mol. The minimum atomic E-state index is -2.19. The Labute approximate surface area is 288 Å². The highest BCUT2D eigenvalue weighted by molar-refractivity contribution is 6.74. The summed E-state index contributed by atoms with van der Waals surface area (Å²) in [6, 6.07) is 27.6. The Hall–Kier alpha value is -3.68. The molecule has 0 amide bonds. The van der Waals surface area contributed by atoms with Gasteiger partial charge in [0.15, 0.2) is 8.32 Å². The van der Waals surface area contributed by atoms with Crippen molar-refractivity contribution < 1.29 is 28.6 Å². The van der Waals surface area contributed by atoms with E-state index in [1.165, 1.54) is 5.57 Å². The maximum absolute atomic E-state index is 13.3. The van der Waals surface area contributed by atoms with Crippen LogP contribution in [0.4, 0.5) is 0 Å². The zero-order valence-corrected chi connectivity index (χ0v) is 30.5. The Kier molecular flexibility index (Phi) is 13.6. The van der Waals surface area contributed by atoms with Crippen molar-refractivity contribution in [2.24, 2.45) is 5.92 Å². The number of carboxylic acid groups (broad SMARTS) is 1. The summed E-state index contributed by atoms with van der Waals surface area (Å²) in [5.41, 5.74) is 4.08. The van der Waals surface area contributed by atoms with Crippen molar-refractivity contribution in [2.45, 2.75) is 109 Å². The molecule has 6 nitrogen and oxygen atoms in total. The van der Waals surface area contributed by atoms with E-state index in [9.17, 15) is 14.7 Å². The Morgan fingerprint density at radius 3 is 2.12 bits per heavy atom. The van der Waals surface area contributed by atoms with E-state index in [4.69, 9.17) is 13.9 Å². The Morgan fingerprint density at radius 1 is 0.833 bits per heavy atom. The van der Waals surface area contributed by atoms with Crippen LogP contribution in [0.25, 0.3) is 11.1 Å². The summed E-state index contributed by atoms with van der Waals surface area (Å²) in [7, 11) is -2.19. The lowest BCUT2D eigenvalue weighted by molar-refractivity contribution is -0.146. The first-order valence-corrected chi connectivity index (χ1v) is 20.5. The highest BCUT2D eigenvalue weighted by atomic mass is 28.4. The second kappa shape index (κ2) is 17.6. The number of ether oxygens (including phenoxy) is 2. The quantitative estimate of drug-likeness (QED) is 0.0628. The molecule has 7 heteroatoms. The van der Waals surface area contributed by atoms with Gasteiger partial charge in [-0.25, -0.2) is 9.59 Å². The second-order valence-corrected chi connectivity index (χ2v) is 19.2. The number of aliphatic carboxylic acids is 1. The average Bonchev–Trinajstić information content (AvgIpc) is 3.44. The number of esters is 1. The monoisotopic (exact) mass is 670 g/mol. The predicted molar refractivity (Wildman–Crippen MR) is 196 cm³/mol. The van der Waals surface area contributed by atoms with Crippen molar-refractivity contribution >= 4 is 20.3 Å². The number of benzene rings is 3. The first kappa shape index (κ1) is 37.1. The van der Waals surface area contributed by atoms with Crippen molar-refractivity contribution in [2.75, 3.05) is 6.61 Å². The number of unbranched alkanes of at least 4 members (excludes halogenated alkanes) is 3. The van der Waals surface area contributed by atoms with E-state index in [1.54, 1.807) is 0 Å². The number of carbonyl (C=O) groups is 2. The number of carboxylic acids is 1. The standard InChI is InChI=1S/C41H54O6Si/c1-41(2,3)48(4,5)47-38(39(42)43)23-14-8-13-22-36-33(19-15-16-30-45-35-20-11-7-12-21-35)28-29-37(36)46-40(44)34-26-24-32(25-27-34)31-17-9-6-10-18-31/h6-7,9-12,17-18,20-21,24-28,36-38H,8,13-16,19,22-23,29-30H2,1-5H3,(H,42,43)/t36-,37+,38?/m1/s1. The number of hydrogen-bond donors (Lipinski definition) is 1. The van der Waals surface area contributed by atoms with Crippen LogP contribution in [0.3, 0.4) is 0 Å². The predicted octanol–water partition coefficient (Wildman–Crippen LogP) is 10.5. The van der Waals surface area contributed by atoms with E-state index in [-0.39, 0.29) is 23.0 Å². The molecule has 0 aromatic heterocycles. The molecule has 48 heavy (non-hydrogen) atoms. The fraction of sp³-hybridized carbons (Fsp3) is 0.463. The van der Waals surface area contributed by atoms with Gasteiger partial charge in [-0.15, -0.1) is 0 Å². The van der Waals surface area contributed by atoms with Crippen LogP contribution in [0.1, 0.15) is 88.9 Å². The fourth-order valence-corrected chi connectivity index (χ4v) is 7.30. The number of hydrogen-bond acceptors (Lipinski definition) is 5. The SMILES string of the molecule is CC(C)(C)[Si](C)(C)OC(CCCCC[C@@H]1C(CCCCOc2ccccc2)=CC[C@@H]1OC(=O)c1ccc(-c2ccccc2)cc1)C(=O)O. The molecule has 0 heterocycles. The maximum atomic E-state index is 13.3. The van der Waals surface area contributed by atoms with Gasteiger partial charge < -0.3 is 19.0 Å². The number of carbonyl (C=O) groups excluding carboxylic acids is 1. The molecule has 1 unspecified atom stereocenters. The molecule has 0 aliphatic heterocycles. The van der Waals surface area contributed by atoms with E-state index < -0.39 is 20.4 Å². The van der Waals surface area contributed by atoms with E-state index >= 15 is 0 Å². The second-order valence-electron chi connectivity index (χ2n) is 14.5. The van der Waals surface area contributed by atoms with Gasteiger partial charge in [0.05, 0.1) is 12.2 Å². The zero-order valence-electron chi connectivity index (χ0n) is 29.5. The molecule has 0 fully saturated rings. The minimum Gasteiger partial charge on any atom is -0.494 e. The van der Waals surface area contributed by atoms with E-state index in [0.717, 1.165) is 68.2 Å². The van der Waals surface area contributed by atoms with Gasteiger partial charge in [-0.05, 0) is 85.6 Å². The maximum Gasteiger partial charge on any atom is 0.338 e. The van der Waals surface area contributed by atoms with E-state index in [1.807, 2.05) is 72.8 Å². The van der Waals surface area contributed by atoms with Crippen LogP contribution < -0.4 is 4.74 Å². The van der Waals surface area contributed by atoms with Gasteiger partial charge in [0, 0.05) is 12.3 Å². The Morgan fingerprint density at radius 2 is 1.48 bits per heavy atom. The van der Waals surface area contributed by atoms with Gasteiger partial charge in [-0.3, -0.25) is 0 Å². The summed E-state index contributed by atoms with van der Waals surface area (Å²) in [5, 5.41) is 9.82. The molecule has 0 radical (unpaired) electrons. The van der Waals surface area contributed by atoms with Crippen LogP contribution in [0.2, 0.25) is 18.1 Å². The molecule has 1 N–H and O–H groups in total. The summed E-state index contributed by atoms with van der Waals surface area (Å²) in [6.45, 7) is 11.3. The first-order valence-electron chi connectivity index (χ1n) is 17.6. The Bertz CT molecular complexity index is 1460. The minimum absolute atomic E-state index is 0.0457.